The predicted octanol–water partition coefficient (Wildman–Crippen LogP) is 9.50. The van der Waals surface area contributed by atoms with E-state index in [2.05, 4.69) is 20.8 Å². The van der Waals surface area contributed by atoms with Gasteiger partial charge in [-0.15, -0.1) is 0 Å². The predicted molar refractivity (Wildman–Crippen MR) is 305 cm³/mol. The molecular formula is C62H104O12. The fourth-order valence-electron chi connectivity index (χ4n) is 7.76. The van der Waals surface area contributed by atoms with Crippen LogP contribution in [0, 0.1) is 23.7 Å². The van der Waals surface area contributed by atoms with Gasteiger partial charge in [-0.25, -0.2) is 0 Å². The van der Waals surface area contributed by atoms with E-state index in [1.165, 1.54) is 19.1 Å². The molecule has 0 spiro atoms. The fraction of sp³-hybridized carbons (Fsp3) is 0.629. The zero-order chi connectivity index (χ0) is 56.1. The zero-order valence-corrected chi connectivity index (χ0v) is 46.5. The minimum Gasteiger partial charge on any atom is -0.393 e. The van der Waals surface area contributed by atoms with Crippen LogP contribution in [0.1, 0.15) is 158 Å². The molecule has 0 aliphatic rings. The van der Waals surface area contributed by atoms with E-state index in [0.29, 0.717) is 31.1 Å². The van der Waals surface area contributed by atoms with Crippen LogP contribution < -0.4 is 0 Å². The highest BCUT2D eigenvalue weighted by atomic mass is 16.3. The molecule has 0 rings (SSSR count). The topological polar surface area (TPSA) is 240 Å². The van der Waals surface area contributed by atoms with E-state index >= 15 is 0 Å². The SMILES string of the molecule is C/C=C/C=C/C=C/C=C/C=C/C(O)C(C)C(O)C(C)/C=C/C/C=C/C=C/C=C/C=C/C(C)=O.CCCCC(O)CC(O)CCC(O)CC(O)CC(O)CC(O)C/C=C/C(O)CC(O)CC(O)CCC(C)C(C)CC. The molecule has 0 fully saturated rings. The molecule has 0 aromatic heterocycles. The molecule has 0 bridgehead atoms. The summed E-state index contributed by atoms with van der Waals surface area (Å²) in [5.74, 6) is 0.777. The average Bonchev–Trinajstić information content (AvgIpc) is 3.34. The lowest BCUT2D eigenvalue weighted by atomic mass is 9.88. The Kier molecular flexibility index (Phi) is 46.8. The van der Waals surface area contributed by atoms with E-state index in [-0.39, 0.29) is 69.0 Å². The fourth-order valence-corrected chi connectivity index (χ4v) is 7.76. The maximum atomic E-state index is 10.8. The van der Waals surface area contributed by atoms with Crippen molar-refractivity contribution in [2.24, 2.45) is 23.7 Å². The van der Waals surface area contributed by atoms with E-state index in [1.54, 1.807) is 30.4 Å². The van der Waals surface area contributed by atoms with Crippen molar-refractivity contribution in [1.29, 1.82) is 0 Å². The van der Waals surface area contributed by atoms with E-state index in [4.69, 9.17) is 0 Å². The maximum Gasteiger partial charge on any atom is 0.152 e. The highest BCUT2D eigenvalue weighted by Crippen LogP contribution is 2.23. The Morgan fingerprint density at radius 1 is 0.446 bits per heavy atom. The van der Waals surface area contributed by atoms with Gasteiger partial charge in [0.1, 0.15) is 0 Å². The molecule has 0 saturated heterocycles. The van der Waals surface area contributed by atoms with Gasteiger partial charge in [-0.2, -0.15) is 0 Å². The normalized spacial score (nSPS) is 19.3. The molecule has 15 atom stereocenters. The van der Waals surface area contributed by atoms with Crippen LogP contribution in [-0.2, 0) is 4.79 Å². The molecule has 0 aliphatic heterocycles. The summed E-state index contributed by atoms with van der Waals surface area (Å²) in [5, 5.41) is 112. The smallest absolute Gasteiger partial charge is 0.152 e. The van der Waals surface area contributed by atoms with Crippen molar-refractivity contribution >= 4 is 5.78 Å². The summed E-state index contributed by atoms with van der Waals surface area (Å²) >= 11 is 0. The molecule has 0 saturated carbocycles. The van der Waals surface area contributed by atoms with Gasteiger partial charge in [-0.05, 0) is 109 Å². The summed E-state index contributed by atoms with van der Waals surface area (Å²) < 4.78 is 0. The lowest BCUT2D eigenvalue weighted by Gasteiger charge is -2.25. The van der Waals surface area contributed by atoms with Crippen LogP contribution in [0.2, 0.25) is 0 Å². The monoisotopic (exact) mass is 1040 g/mol. The molecule has 0 aliphatic carbocycles. The van der Waals surface area contributed by atoms with E-state index in [0.717, 1.165) is 32.1 Å². The summed E-state index contributed by atoms with van der Waals surface area (Å²) in [4.78, 5) is 10.8. The van der Waals surface area contributed by atoms with E-state index in [1.807, 2.05) is 119 Å². The van der Waals surface area contributed by atoms with Crippen molar-refractivity contribution in [2.45, 2.75) is 225 Å². The van der Waals surface area contributed by atoms with Crippen LogP contribution in [0.5, 0.6) is 0 Å². The molecule has 0 amide bonds. The van der Waals surface area contributed by atoms with Gasteiger partial charge in [0.05, 0.1) is 67.1 Å². The minimum atomic E-state index is -0.976. The average molecular weight is 1040 g/mol. The second-order valence-corrected chi connectivity index (χ2v) is 20.1. The number of ketones is 1. The number of unbranched alkanes of at least 4 members (excludes halogenated alkanes) is 1. The van der Waals surface area contributed by atoms with Gasteiger partial charge in [0.15, 0.2) is 5.78 Å². The Morgan fingerprint density at radius 3 is 1.45 bits per heavy atom. The van der Waals surface area contributed by atoms with Crippen molar-refractivity contribution in [3.8, 4) is 0 Å². The zero-order valence-electron chi connectivity index (χ0n) is 46.5. The van der Waals surface area contributed by atoms with Gasteiger partial charge in [0, 0.05) is 18.3 Å². The molecule has 0 aromatic rings. The third kappa shape index (κ3) is 44.6. The van der Waals surface area contributed by atoms with Gasteiger partial charge in [0.25, 0.3) is 0 Å². The molecule has 74 heavy (non-hydrogen) atoms. The van der Waals surface area contributed by atoms with Crippen LogP contribution in [0.4, 0.5) is 0 Å². The Morgan fingerprint density at radius 2 is 0.905 bits per heavy atom. The van der Waals surface area contributed by atoms with Crippen LogP contribution in [0.3, 0.4) is 0 Å². The third-order valence-corrected chi connectivity index (χ3v) is 12.9. The first-order valence-electron chi connectivity index (χ1n) is 27.4. The number of hydrogen-bond donors (Lipinski definition) is 11. The second kappa shape index (κ2) is 47.8. The van der Waals surface area contributed by atoms with Crippen molar-refractivity contribution < 1.29 is 61.0 Å². The summed E-state index contributed by atoms with van der Waals surface area (Å²) in [6.07, 6.45) is 39.1. The Bertz CT molecular complexity index is 1690. The maximum absolute atomic E-state index is 10.8. The van der Waals surface area contributed by atoms with Gasteiger partial charge < -0.3 is 56.2 Å². The first-order chi connectivity index (χ1) is 35.2. The number of aliphatic hydroxyl groups excluding tert-OH is 11. The molecule has 12 heteroatoms. The molecule has 0 heterocycles. The molecule has 11 N–H and O–H groups in total. The Balaban J connectivity index is 0. The highest BCUT2D eigenvalue weighted by molar-refractivity contribution is 5.87. The first-order valence-corrected chi connectivity index (χ1v) is 27.4. The molecule has 12 nitrogen and oxygen atoms in total. The quantitative estimate of drug-likeness (QED) is 0.0156. The first kappa shape index (κ1) is 72.4. The standard InChI is InChI=1S/C32H64O9.C30H40O3/c1-5-7-9-24(33)16-28(37)14-15-29(38)20-32(41)21-31(40)18-26(35)11-8-10-25(34)17-30(39)19-27(36)13-12-23(4)22(3)6-2;1-5-6-7-8-9-11-16-19-22-25-29(32)28(4)30(33)26(2)23-20-17-14-12-10-13-15-18-21-24-27(3)31/h8,10,22-41H,5-7,9,11-21H2,1-4H3;5-16,18-26,28-30,32-33H,17H2,1-4H3/b10-8+;6-5+,8-7+,11-9+,13-10+,14-12+,18-15+,19-16+,23-20+,24-21+,25-22+. The van der Waals surface area contributed by atoms with Crippen molar-refractivity contribution in [3.05, 3.63) is 134 Å². The summed E-state index contributed by atoms with van der Waals surface area (Å²) in [6.45, 7) is 15.8. The number of allylic oxidation sites excluding steroid dienone is 18. The van der Waals surface area contributed by atoms with Crippen LogP contribution in [-0.4, -0.2) is 129 Å². The van der Waals surface area contributed by atoms with Crippen molar-refractivity contribution in [3.63, 3.8) is 0 Å². The number of carbonyl (C=O) groups is 1. The van der Waals surface area contributed by atoms with E-state index in [9.17, 15) is 61.0 Å². The number of rotatable bonds is 41. The molecule has 0 radical (unpaired) electrons. The summed E-state index contributed by atoms with van der Waals surface area (Å²) in [5.41, 5.74) is 0. The van der Waals surface area contributed by atoms with Gasteiger partial charge >= 0.3 is 0 Å². The second-order valence-electron chi connectivity index (χ2n) is 20.1. The minimum absolute atomic E-state index is 0.0105. The van der Waals surface area contributed by atoms with Gasteiger partial charge in [-0.3, -0.25) is 4.79 Å². The van der Waals surface area contributed by atoms with Crippen molar-refractivity contribution in [1.82, 2.24) is 0 Å². The van der Waals surface area contributed by atoms with E-state index < -0.39 is 67.1 Å². The number of hydrogen-bond acceptors (Lipinski definition) is 12. The summed E-state index contributed by atoms with van der Waals surface area (Å²) in [7, 11) is 0. The third-order valence-electron chi connectivity index (χ3n) is 12.9. The highest BCUT2D eigenvalue weighted by Gasteiger charge is 2.24. The lowest BCUT2D eigenvalue weighted by Crippen LogP contribution is -2.32. The molecular weight excluding hydrogens is 937 g/mol. The summed E-state index contributed by atoms with van der Waals surface area (Å²) in [6, 6.07) is 0. The lowest BCUT2D eigenvalue weighted by molar-refractivity contribution is -0.112. The van der Waals surface area contributed by atoms with Gasteiger partial charge in [-0.1, -0.05) is 188 Å². The molecule has 15 unspecified atom stereocenters. The van der Waals surface area contributed by atoms with Crippen molar-refractivity contribution in [2.75, 3.05) is 0 Å². The number of aliphatic hydroxyl groups is 11. The molecule has 424 valence electrons. The van der Waals surface area contributed by atoms with Crippen LogP contribution >= 0.6 is 0 Å². The van der Waals surface area contributed by atoms with Crippen LogP contribution in [0.25, 0.3) is 0 Å². The van der Waals surface area contributed by atoms with Crippen LogP contribution in [0.15, 0.2) is 134 Å². The Hall–Kier alpha value is -3.63. The Labute approximate surface area is 447 Å². The molecule has 0 aromatic carbocycles. The van der Waals surface area contributed by atoms with Gasteiger partial charge in [0.2, 0.25) is 0 Å². The largest absolute Gasteiger partial charge is 0.393 e. The number of carbonyl (C=O) groups excluding carboxylic acids is 1.